The minimum absolute atomic E-state index is 0.148. The largest absolute Gasteiger partial charge is 0.497 e. The SMILES string of the molecule is C=C(C)COc1cccc(C(=O)NC2CC(C)(C)Oc3cc(OC)ccc32)c1. The summed E-state index contributed by atoms with van der Waals surface area (Å²) in [6.45, 7) is 10.2. The second kappa shape index (κ2) is 7.97. The molecule has 28 heavy (non-hydrogen) atoms. The van der Waals surface area contributed by atoms with E-state index in [1.807, 2.05) is 51.1 Å². The van der Waals surface area contributed by atoms with Gasteiger partial charge in [0.1, 0.15) is 29.5 Å². The van der Waals surface area contributed by atoms with E-state index >= 15 is 0 Å². The smallest absolute Gasteiger partial charge is 0.251 e. The zero-order chi connectivity index (χ0) is 20.3. The van der Waals surface area contributed by atoms with Gasteiger partial charge in [0.05, 0.1) is 13.2 Å². The van der Waals surface area contributed by atoms with Crippen LogP contribution in [0.25, 0.3) is 0 Å². The molecule has 148 valence electrons. The summed E-state index contributed by atoms with van der Waals surface area (Å²) in [7, 11) is 1.62. The van der Waals surface area contributed by atoms with Gasteiger partial charge in [-0.15, -0.1) is 0 Å². The number of hydrogen-bond acceptors (Lipinski definition) is 4. The van der Waals surface area contributed by atoms with Crippen molar-refractivity contribution in [1.82, 2.24) is 5.32 Å². The lowest BCUT2D eigenvalue weighted by molar-refractivity contribution is 0.0617. The van der Waals surface area contributed by atoms with Crippen molar-refractivity contribution in [3.05, 3.63) is 65.7 Å². The molecule has 0 aromatic heterocycles. The Bertz CT molecular complexity index is 888. The van der Waals surface area contributed by atoms with E-state index in [1.54, 1.807) is 19.2 Å². The Morgan fingerprint density at radius 3 is 2.75 bits per heavy atom. The first-order valence-corrected chi connectivity index (χ1v) is 9.32. The van der Waals surface area contributed by atoms with Crippen LogP contribution >= 0.6 is 0 Å². The molecule has 0 aliphatic carbocycles. The maximum absolute atomic E-state index is 12.9. The monoisotopic (exact) mass is 381 g/mol. The third-order valence-corrected chi connectivity index (χ3v) is 4.56. The van der Waals surface area contributed by atoms with Crippen LogP contribution in [-0.4, -0.2) is 25.2 Å². The Balaban J connectivity index is 1.80. The van der Waals surface area contributed by atoms with Crippen molar-refractivity contribution in [1.29, 1.82) is 0 Å². The molecule has 2 aromatic rings. The van der Waals surface area contributed by atoms with E-state index in [9.17, 15) is 4.79 Å². The van der Waals surface area contributed by atoms with Crippen LogP contribution in [0.1, 0.15) is 49.2 Å². The Morgan fingerprint density at radius 2 is 2.04 bits per heavy atom. The van der Waals surface area contributed by atoms with E-state index < -0.39 is 5.60 Å². The number of nitrogens with one attached hydrogen (secondary N) is 1. The van der Waals surface area contributed by atoms with Crippen molar-refractivity contribution in [3.63, 3.8) is 0 Å². The molecule has 3 rings (SSSR count). The fraction of sp³-hybridized carbons (Fsp3) is 0.348. The quantitative estimate of drug-likeness (QED) is 0.738. The van der Waals surface area contributed by atoms with Gasteiger partial charge < -0.3 is 19.5 Å². The standard InChI is InChI=1S/C23H27NO4/c1-15(2)14-27-18-8-6-7-16(11-18)22(25)24-20-13-23(3,4)28-21-12-17(26-5)9-10-19(20)21/h6-12,20H,1,13-14H2,2-5H3,(H,24,25). The Morgan fingerprint density at radius 1 is 1.25 bits per heavy atom. The minimum atomic E-state index is -0.399. The van der Waals surface area contributed by atoms with Crippen LogP contribution in [0.3, 0.4) is 0 Å². The molecular weight excluding hydrogens is 354 g/mol. The van der Waals surface area contributed by atoms with Gasteiger partial charge in [0, 0.05) is 23.6 Å². The van der Waals surface area contributed by atoms with Gasteiger partial charge in [0.25, 0.3) is 5.91 Å². The van der Waals surface area contributed by atoms with E-state index in [0.717, 1.165) is 22.6 Å². The molecule has 5 heteroatoms. The highest BCUT2D eigenvalue weighted by Crippen LogP contribution is 2.41. The first kappa shape index (κ1) is 19.8. The number of carbonyl (C=O) groups is 1. The summed E-state index contributed by atoms with van der Waals surface area (Å²) in [5, 5.41) is 3.14. The molecule has 1 aliphatic rings. The van der Waals surface area contributed by atoms with Crippen molar-refractivity contribution >= 4 is 5.91 Å². The summed E-state index contributed by atoms with van der Waals surface area (Å²) in [4.78, 5) is 12.9. The Labute approximate surface area is 166 Å². The van der Waals surface area contributed by atoms with Crippen LogP contribution in [0.15, 0.2) is 54.6 Å². The highest BCUT2D eigenvalue weighted by atomic mass is 16.5. The molecule has 1 aliphatic heterocycles. The van der Waals surface area contributed by atoms with Crippen molar-refractivity contribution in [3.8, 4) is 17.2 Å². The van der Waals surface area contributed by atoms with Crippen molar-refractivity contribution in [2.45, 2.75) is 38.8 Å². The Hall–Kier alpha value is -2.95. The molecule has 0 saturated heterocycles. The molecule has 0 saturated carbocycles. The summed E-state index contributed by atoms with van der Waals surface area (Å²) in [6, 6.07) is 12.7. The second-order valence-electron chi connectivity index (χ2n) is 7.77. The van der Waals surface area contributed by atoms with Crippen molar-refractivity contribution in [2.24, 2.45) is 0 Å². The predicted molar refractivity (Wildman–Crippen MR) is 109 cm³/mol. The molecule has 2 aromatic carbocycles. The molecule has 1 unspecified atom stereocenters. The third kappa shape index (κ3) is 4.66. The highest BCUT2D eigenvalue weighted by Gasteiger charge is 2.35. The zero-order valence-corrected chi connectivity index (χ0v) is 16.9. The molecular formula is C23H27NO4. The van der Waals surface area contributed by atoms with Crippen LogP contribution < -0.4 is 19.5 Å². The summed E-state index contributed by atoms with van der Waals surface area (Å²) in [5.41, 5.74) is 2.03. The summed E-state index contributed by atoms with van der Waals surface area (Å²) < 4.78 is 17.0. The number of ether oxygens (including phenoxy) is 3. The molecule has 1 amide bonds. The van der Waals surface area contributed by atoms with E-state index in [1.165, 1.54) is 0 Å². The predicted octanol–water partition coefficient (Wildman–Crippen LogP) is 4.68. The Kier molecular flexibility index (Phi) is 5.63. The van der Waals surface area contributed by atoms with Gasteiger partial charge >= 0.3 is 0 Å². The normalized spacial score (nSPS) is 17.1. The minimum Gasteiger partial charge on any atom is -0.497 e. The summed E-state index contributed by atoms with van der Waals surface area (Å²) >= 11 is 0. The lowest BCUT2D eigenvalue weighted by atomic mass is 9.89. The highest BCUT2D eigenvalue weighted by molar-refractivity contribution is 5.94. The molecule has 1 atom stereocenters. The number of hydrogen-bond donors (Lipinski definition) is 1. The lowest BCUT2D eigenvalue weighted by Gasteiger charge is -2.38. The van der Waals surface area contributed by atoms with Gasteiger partial charge in [-0.25, -0.2) is 0 Å². The van der Waals surface area contributed by atoms with Crippen LogP contribution in [0.4, 0.5) is 0 Å². The van der Waals surface area contributed by atoms with Crippen LogP contribution in [-0.2, 0) is 0 Å². The van der Waals surface area contributed by atoms with Gasteiger partial charge in [0.2, 0.25) is 0 Å². The number of methoxy groups -OCH3 is 1. The van der Waals surface area contributed by atoms with Crippen molar-refractivity contribution in [2.75, 3.05) is 13.7 Å². The van der Waals surface area contributed by atoms with E-state index in [4.69, 9.17) is 14.2 Å². The second-order valence-corrected chi connectivity index (χ2v) is 7.77. The van der Waals surface area contributed by atoms with Gasteiger partial charge in [-0.2, -0.15) is 0 Å². The average Bonchev–Trinajstić information content (AvgIpc) is 2.65. The maximum Gasteiger partial charge on any atom is 0.251 e. The average molecular weight is 381 g/mol. The number of benzene rings is 2. The summed E-state index contributed by atoms with van der Waals surface area (Å²) in [5.74, 6) is 1.96. The maximum atomic E-state index is 12.9. The zero-order valence-electron chi connectivity index (χ0n) is 16.9. The molecule has 0 bridgehead atoms. The first-order valence-electron chi connectivity index (χ1n) is 9.32. The van der Waals surface area contributed by atoms with Gasteiger partial charge in [0.15, 0.2) is 0 Å². The van der Waals surface area contributed by atoms with Crippen molar-refractivity contribution < 1.29 is 19.0 Å². The topological polar surface area (TPSA) is 56.8 Å². The number of amides is 1. The molecule has 0 radical (unpaired) electrons. The fourth-order valence-electron chi connectivity index (χ4n) is 3.26. The molecule has 1 N–H and O–H groups in total. The van der Waals surface area contributed by atoms with E-state index in [0.29, 0.717) is 24.3 Å². The molecule has 0 spiro atoms. The molecule has 5 nitrogen and oxygen atoms in total. The summed E-state index contributed by atoms with van der Waals surface area (Å²) in [6.07, 6.45) is 0.671. The van der Waals surface area contributed by atoms with Crippen LogP contribution in [0.2, 0.25) is 0 Å². The first-order chi connectivity index (χ1) is 13.3. The van der Waals surface area contributed by atoms with Crippen LogP contribution in [0.5, 0.6) is 17.2 Å². The van der Waals surface area contributed by atoms with E-state index in [2.05, 4.69) is 11.9 Å². The molecule has 0 fully saturated rings. The third-order valence-electron chi connectivity index (χ3n) is 4.56. The molecule has 1 heterocycles. The fourth-order valence-corrected chi connectivity index (χ4v) is 3.26. The van der Waals surface area contributed by atoms with Crippen LogP contribution in [0, 0.1) is 0 Å². The van der Waals surface area contributed by atoms with Gasteiger partial charge in [-0.3, -0.25) is 4.79 Å². The lowest BCUT2D eigenvalue weighted by Crippen LogP contribution is -2.41. The van der Waals surface area contributed by atoms with Gasteiger partial charge in [-0.1, -0.05) is 12.6 Å². The number of carbonyl (C=O) groups excluding carboxylic acids is 1. The van der Waals surface area contributed by atoms with Gasteiger partial charge in [-0.05, 0) is 56.7 Å². The number of rotatable bonds is 6. The van der Waals surface area contributed by atoms with E-state index in [-0.39, 0.29) is 11.9 Å². The number of fused-ring (bicyclic) bond motifs is 1.